The predicted octanol–water partition coefficient (Wildman–Crippen LogP) is 5.44. The van der Waals surface area contributed by atoms with E-state index in [4.69, 9.17) is 9.47 Å². The van der Waals surface area contributed by atoms with Gasteiger partial charge in [-0.25, -0.2) is 14.4 Å². The lowest BCUT2D eigenvalue weighted by Crippen LogP contribution is -2.20. The second-order valence-corrected chi connectivity index (χ2v) is 8.40. The molecule has 1 saturated carbocycles. The number of carbonyl (C=O) groups is 1. The van der Waals surface area contributed by atoms with Gasteiger partial charge < -0.3 is 19.8 Å². The summed E-state index contributed by atoms with van der Waals surface area (Å²) in [6.07, 6.45) is 2.67. The summed E-state index contributed by atoms with van der Waals surface area (Å²) in [5, 5.41) is 2.80. The van der Waals surface area contributed by atoms with Crippen LogP contribution >= 0.6 is 0 Å². The molecule has 2 N–H and O–H groups in total. The Labute approximate surface area is 195 Å². The van der Waals surface area contributed by atoms with E-state index in [1.54, 1.807) is 12.3 Å². The number of carbonyl (C=O) groups excluding carboxylic acids is 1. The molecule has 2 aromatic carbocycles. The largest absolute Gasteiger partial charge is 0.489 e. The number of amides is 1. The average Bonchev–Trinajstić information content (AvgIpc) is 3.19. The van der Waals surface area contributed by atoms with Crippen LogP contribution < -0.4 is 14.8 Å². The van der Waals surface area contributed by atoms with Crippen molar-refractivity contribution in [3.63, 3.8) is 0 Å². The van der Waals surface area contributed by atoms with Gasteiger partial charge >= 0.3 is 0 Å². The quantitative estimate of drug-likeness (QED) is 0.427. The zero-order valence-electron chi connectivity index (χ0n) is 18.8. The van der Waals surface area contributed by atoms with E-state index < -0.39 is 0 Å². The third-order valence-corrected chi connectivity index (χ3v) is 6.44. The van der Waals surface area contributed by atoms with Crippen LogP contribution in [-0.2, 0) is 11.2 Å². The van der Waals surface area contributed by atoms with E-state index >= 15 is 0 Å². The molecular weight excluding hydrogens is 435 g/mol. The fourth-order valence-electron chi connectivity index (χ4n) is 4.87. The van der Waals surface area contributed by atoms with Crippen molar-refractivity contribution in [1.29, 1.82) is 0 Å². The Hall–Kier alpha value is -3.94. The highest BCUT2D eigenvalue weighted by atomic mass is 19.1. The Morgan fingerprint density at radius 1 is 1.09 bits per heavy atom. The number of aromatic amines is 1. The molecule has 1 fully saturated rings. The number of fused-ring (bicyclic) bond motifs is 5. The summed E-state index contributed by atoms with van der Waals surface area (Å²) in [7, 11) is 0. The molecule has 8 heteroatoms. The monoisotopic (exact) mass is 458 g/mol. The Morgan fingerprint density at radius 2 is 1.97 bits per heavy atom. The highest BCUT2D eigenvalue weighted by Crippen LogP contribution is 2.63. The summed E-state index contributed by atoms with van der Waals surface area (Å²) < 4.78 is 25.8. The molecule has 7 nitrogen and oxygen atoms in total. The maximum Gasteiger partial charge on any atom is 0.225 e. The van der Waals surface area contributed by atoms with E-state index in [1.165, 1.54) is 12.1 Å². The van der Waals surface area contributed by atoms with Gasteiger partial charge in [0.05, 0.1) is 17.0 Å². The highest BCUT2D eigenvalue weighted by molar-refractivity contribution is 5.93. The molecule has 7 rings (SSSR count). The lowest BCUT2D eigenvalue weighted by atomic mass is 10.1. The van der Waals surface area contributed by atoms with E-state index in [0.29, 0.717) is 35.7 Å². The van der Waals surface area contributed by atoms with Gasteiger partial charge in [-0.2, -0.15) is 0 Å². The molecule has 4 heterocycles. The van der Waals surface area contributed by atoms with Gasteiger partial charge in [-0.05, 0) is 48.9 Å². The van der Waals surface area contributed by atoms with Crippen LogP contribution in [0.2, 0.25) is 0 Å². The summed E-state index contributed by atoms with van der Waals surface area (Å²) in [6, 6.07) is 12.2. The first-order valence-corrected chi connectivity index (χ1v) is 11.6. The van der Waals surface area contributed by atoms with Crippen LogP contribution in [0.25, 0.3) is 11.0 Å². The molecule has 0 radical (unpaired) electrons. The van der Waals surface area contributed by atoms with Crippen LogP contribution in [-0.4, -0.2) is 27.0 Å². The molecule has 0 bridgehead atoms. The molecule has 0 spiro atoms. The van der Waals surface area contributed by atoms with Gasteiger partial charge in [-0.1, -0.05) is 13.8 Å². The highest BCUT2D eigenvalue weighted by Gasteiger charge is 2.61. The van der Waals surface area contributed by atoms with Crippen LogP contribution in [0.15, 0.2) is 48.7 Å². The number of hydrogen-bond donors (Lipinski definition) is 2. The number of anilines is 1. The molecule has 3 unspecified atom stereocenters. The van der Waals surface area contributed by atoms with Crippen molar-refractivity contribution >= 4 is 22.8 Å². The van der Waals surface area contributed by atoms with Gasteiger partial charge in [0.25, 0.3) is 0 Å². The lowest BCUT2D eigenvalue weighted by molar-refractivity contribution is -0.116. The van der Waals surface area contributed by atoms with Crippen molar-refractivity contribution in [2.24, 2.45) is 0 Å². The number of hydrogen-bond acceptors (Lipinski definition) is 5. The zero-order valence-corrected chi connectivity index (χ0v) is 18.8. The van der Waals surface area contributed by atoms with Gasteiger partial charge in [-0.15, -0.1) is 0 Å². The number of aromatic nitrogens is 3. The molecule has 172 valence electrons. The Balaban J connectivity index is 0.00000106. The van der Waals surface area contributed by atoms with Crippen LogP contribution in [0.5, 0.6) is 17.2 Å². The standard InChI is InChI=1S/C24H17FN4O3.C2H6/c25-11-1-4-15-16(9-11)28-24(27-15)21-20-14-10-12(2-5-17(14)32-22(20)21)31-18-7-8-26-23-13(18)3-6-19(30)29-23;1-2/h1-2,4-5,7-10,20-22H,3,6H2,(H,27,28)(H,26,29,30);1-2H3. The van der Waals surface area contributed by atoms with E-state index in [1.807, 2.05) is 38.1 Å². The summed E-state index contributed by atoms with van der Waals surface area (Å²) in [4.78, 5) is 23.8. The number of benzene rings is 2. The number of nitrogens with zero attached hydrogens (tertiary/aromatic N) is 2. The van der Waals surface area contributed by atoms with Gasteiger partial charge in [0.2, 0.25) is 5.91 Å². The van der Waals surface area contributed by atoms with Crippen molar-refractivity contribution in [2.45, 2.75) is 44.6 Å². The van der Waals surface area contributed by atoms with Gasteiger partial charge in [0.1, 0.15) is 40.8 Å². The summed E-state index contributed by atoms with van der Waals surface area (Å²) in [5.74, 6) is 3.61. The number of pyridine rings is 1. The minimum Gasteiger partial charge on any atom is -0.489 e. The number of nitrogens with one attached hydrogen (secondary N) is 2. The number of imidazole rings is 1. The van der Waals surface area contributed by atoms with Gasteiger partial charge in [0, 0.05) is 29.7 Å². The molecule has 1 amide bonds. The number of halogens is 1. The van der Waals surface area contributed by atoms with Crippen molar-refractivity contribution < 1.29 is 18.7 Å². The summed E-state index contributed by atoms with van der Waals surface area (Å²) in [5.41, 5.74) is 3.43. The van der Waals surface area contributed by atoms with Crippen molar-refractivity contribution in [3.8, 4) is 17.2 Å². The van der Waals surface area contributed by atoms with Crippen molar-refractivity contribution in [1.82, 2.24) is 15.0 Å². The summed E-state index contributed by atoms with van der Waals surface area (Å²) in [6.45, 7) is 4.00. The fraction of sp³-hybridized carbons (Fsp3) is 0.269. The van der Waals surface area contributed by atoms with Crippen LogP contribution in [0.4, 0.5) is 10.2 Å². The second-order valence-electron chi connectivity index (χ2n) is 8.40. The Bertz CT molecular complexity index is 1430. The fourth-order valence-corrected chi connectivity index (χ4v) is 4.87. The first-order valence-electron chi connectivity index (χ1n) is 11.6. The molecule has 2 aliphatic heterocycles. The minimum absolute atomic E-state index is 0.0227. The van der Waals surface area contributed by atoms with Crippen LogP contribution in [0, 0.1) is 5.82 Å². The third kappa shape index (κ3) is 3.29. The predicted molar refractivity (Wildman–Crippen MR) is 125 cm³/mol. The van der Waals surface area contributed by atoms with Crippen molar-refractivity contribution in [3.05, 3.63) is 71.4 Å². The Kier molecular flexibility index (Phi) is 4.76. The molecule has 3 aliphatic rings. The Morgan fingerprint density at radius 3 is 2.85 bits per heavy atom. The van der Waals surface area contributed by atoms with Gasteiger partial charge in [0.15, 0.2) is 0 Å². The molecule has 34 heavy (non-hydrogen) atoms. The first kappa shape index (κ1) is 20.7. The van der Waals surface area contributed by atoms with E-state index in [0.717, 1.165) is 28.2 Å². The van der Waals surface area contributed by atoms with Gasteiger partial charge in [-0.3, -0.25) is 4.79 Å². The maximum atomic E-state index is 13.5. The molecule has 2 aromatic heterocycles. The first-order chi connectivity index (χ1) is 16.6. The normalized spacial score (nSPS) is 21.4. The molecule has 1 aliphatic carbocycles. The molecule has 3 atom stereocenters. The van der Waals surface area contributed by atoms with Crippen LogP contribution in [0.1, 0.15) is 49.1 Å². The second kappa shape index (κ2) is 7.83. The SMILES string of the molecule is CC.O=C1CCc2c(Oc3ccc4c(c3)C3C(O4)C3c3nc4ccc(F)cc4[nH]3)ccnc2N1. The van der Waals surface area contributed by atoms with E-state index in [-0.39, 0.29) is 29.7 Å². The van der Waals surface area contributed by atoms with E-state index in [2.05, 4.69) is 20.3 Å². The van der Waals surface area contributed by atoms with Crippen LogP contribution in [0.3, 0.4) is 0 Å². The number of H-pyrrole nitrogens is 1. The van der Waals surface area contributed by atoms with Crippen molar-refractivity contribution in [2.75, 3.05) is 5.32 Å². The zero-order chi connectivity index (χ0) is 23.4. The third-order valence-electron chi connectivity index (χ3n) is 6.44. The minimum atomic E-state index is -0.287. The smallest absolute Gasteiger partial charge is 0.225 e. The maximum absolute atomic E-state index is 13.5. The molecule has 0 saturated heterocycles. The number of rotatable bonds is 3. The average molecular weight is 458 g/mol. The van der Waals surface area contributed by atoms with E-state index in [9.17, 15) is 9.18 Å². The molecule has 4 aromatic rings. The molecular formula is C26H23FN4O3. The topological polar surface area (TPSA) is 89.1 Å². The lowest BCUT2D eigenvalue weighted by Gasteiger charge is -2.19. The number of ether oxygens (including phenoxy) is 2. The summed E-state index contributed by atoms with van der Waals surface area (Å²) >= 11 is 0.